The molecule has 0 spiro atoms. The fourth-order valence-corrected chi connectivity index (χ4v) is 5.36. The molecular formula is C33H40O9Si. The van der Waals surface area contributed by atoms with Crippen LogP contribution < -0.4 is 0 Å². The van der Waals surface area contributed by atoms with Gasteiger partial charge in [0.15, 0.2) is 24.1 Å². The summed E-state index contributed by atoms with van der Waals surface area (Å²) in [6.45, 7) is 6.04. The van der Waals surface area contributed by atoms with Crippen LogP contribution in [0, 0.1) is 0 Å². The highest BCUT2D eigenvalue weighted by atomic mass is 28.3. The van der Waals surface area contributed by atoms with Crippen LogP contribution >= 0.6 is 0 Å². The Bertz CT molecular complexity index is 1300. The Kier molecular flexibility index (Phi) is 11.3. The van der Waals surface area contributed by atoms with Crippen LogP contribution in [0.3, 0.4) is 0 Å². The van der Waals surface area contributed by atoms with Crippen LogP contribution in [0.4, 0.5) is 0 Å². The summed E-state index contributed by atoms with van der Waals surface area (Å²) in [6.07, 6.45) is -5.40. The number of carbonyl (C=O) groups is 2. The Balaban J connectivity index is 1.67. The van der Waals surface area contributed by atoms with Crippen LogP contribution in [-0.2, 0) is 30.3 Å². The summed E-state index contributed by atoms with van der Waals surface area (Å²) in [4.78, 5) is 26.6. The van der Waals surface area contributed by atoms with Crippen LogP contribution in [0.15, 0.2) is 91.0 Å². The van der Waals surface area contributed by atoms with E-state index in [1.54, 1.807) is 60.7 Å². The highest BCUT2D eigenvalue weighted by Crippen LogP contribution is 2.36. The first-order valence-corrected chi connectivity index (χ1v) is 18.1. The van der Waals surface area contributed by atoms with Crippen LogP contribution in [0.25, 0.3) is 0 Å². The summed E-state index contributed by atoms with van der Waals surface area (Å²) < 4.78 is 30.0. The predicted octanol–water partition coefficient (Wildman–Crippen LogP) is 4.46. The molecule has 1 fully saturated rings. The molecule has 0 saturated carbocycles. The monoisotopic (exact) mass is 608 g/mol. The molecule has 0 aromatic heterocycles. The van der Waals surface area contributed by atoms with E-state index < -0.39 is 56.8 Å². The molecule has 1 aliphatic heterocycles. The molecule has 0 unspecified atom stereocenters. The Morgan fingerprint density at radius 3 is 1.91 bits per heavy atom. The highest BCUT2D eigenvalue weighted by molar-refractivity contribution is 6.76. The molecule has 1 heterocycles. The average molecular weight is 609 g/mol. The second-order valence-corrected chi connectivity index (χ2v) is 17.4. The second kappa shape index (κ2) is 14.9. The molecule has 0 bridgehead atoms. The third kappa shape index (κ3) is 8.82. The lowest BCUT2D eigenvalue weighted by Gasteiger charge is -2.49. The molecule has 4 rings (SSSR count). The molecular weight excluding hydrogens is 568 g/mol. The number of aliphatic hydroxyl groups excluding tert-OH is 1. The Labute approximate surface area is 253 Å². The summed E-state index contributed by atoms with van der Waals surface area (Å²) >= 11 is 0. The minimum Gasteiger partial charge on any atom is -0.451 e. The third-order valence-electron chi connectivity index (χ3n) is 7.18. The minimum absolute atomic E-state index is 0.168. The number of carbonyl (C=O) groups excluding carboxylic acids is 2. The zero-order valence-corrected chi connectivity index (χ0v) is 25.8. The normalized spacial score (nSPS) is 23.8. The van der Waals surface area contributed by atoms with Gasteiger partial charge < -0.3 is 33.9 Å². The SMILES string of the molecule is C[Si](C)(C)CCO[C@@H]1O[C@H](COCc2ccccc2)[C@@](O)(CO)[C@H](OC(=O)c2ccccc2)[C@H]1OC(=O)c1ccccc1. The lowest BCUT2D eigenvalue weighted by Crippen LogP contribution is -2.70. The van der Waals surface area contributed by atoms with E-state index in [0.29, 0.717) is 0 Å². The van der Waals surface area contributed by atoms with Gasteiger partial charge in [-0.15, -0.1) is 0 Å². The quantitative estimate of drug-likeness (QED) is 0.214. The minimum atomic E-state index is -2.21. The molecule has 43 heavy (non-hydrogen) atoms. The summed E-state index contributed by atoms with van der Waals surface area (Å²) in [5.41, 5.74) is -0.843. The van der Waals surface area contributed by atoms with Gasteiger partial charge in [-0.25, -0.2) is 9.59 Å². The summed E-state index contributed by atoms with van der Waals surface area (Å²) in [7, 11) is -1.53. The number of esters is 2. The van der Waals surface area contributed by atoms with Gasteiger partial charge in [-0.3, -0.25) is 0 Å². The van der Waals surface area contributed by atoms with Gasteiger partial charge in [0.25, 0.3) is 0 Å². The highest BCUT2D eigenvalue weighted by Gasteiger charge is 2.60. The van der Waals surface area contributed by atoms with Gasteiger partial charge in [0.1, 0.15) is 6.10 Å². The summed E-state index contributed by atoms with van der Waals surface area (Å²) in [5, 5.41) is 22.5. The Morgan fingerprint density at radius 1 is 0.837 bits per heavy atom. The molecule has 2 N–H and O–H groups in total. The number of aliphatic hydroxyl groups is 2. The molecule has 1 saturated heterocycles. The van der Waals surface area contributed by atoms with Gasteiger partial charge in [-0.2, -0.15) is 0 Å². The van der Waals surface area contributed by atoms with Gasteiger partial charge in [-0.1, -0.05) is 86.4 Å². The Hall–Kier alpha value is -3.38. The number of ether oxygens (including phenoxy) is 5. The lowest BCUT2D eigenvalue weighted by atomic mass is 9.84. The molecule has 230 valence electrons. The van der Waals surface area contributed by atoms with Gasteiger partial charge in [0.05, 0.1) is 30.9 Å². The van der Waals surface area contributed by atoms with Gasteiger partial charge in [0.2, 0.25) is 0 Å². The first-order chi connectivity index (χ1) is 20.6. The van der Waals surface area contributed by atoms with Gasteiger partial charge in [0, 0.05) is 14.7 Å². The third-order valence-corrected chi connectivity index (χ3v) is 8.88. The molecule has 3 aromatic rings. The number of rotatable bonds is 13. The van der Waals surface area contributed by atoms with E-state index in [1.807, 2.05) is 30.3 Å². The maximum atomic E-state index is 13.3. The molecule has 9 nitrogen and oxygen atoms in total. The summed E-state index contributed by atoms with van der Waals surface area (Å²) in [5.74, 6) is -1.50. The van der Waals surface area contributed by atoms with E-state index in [0.717, 1.165) is 11.6 Å². The molecule has 0 radical (unpaired) electrons. The zero-order chi connectivity index (χ0) is 30.9. The largest absolute Gasteiger partial charge is 0.451 e. The summed E-state index contributed by atoms with van der Waals surface area (Å²) in [6, 6.07) is 26.7. The molecule has 3 aromatic carbocycles. The molecule has 0 aliphatic carbocycles. The van der Waals surface area contributed by atoms with E-state index in [9.17, 15) is 19.8 Å². The van der Waals surface area contributed by atoms with Gasteiger partial charge in [-0.05, 0) is 35.9 Å². The van der Waals surface area contributed by atoms with Crippen LogP contribution in [0.1, 0.15) is 26.3 Å². The van der Waals surface area contributed by atoms with E-state index in [4.69, 9.17) is 23.7 Å². The fraction of sp³-hybridized carbons (Fsp3) is 0.394. The van der Waals surface area contributed by atoms with Crippen molar-refractivity contribution in [3.63, 3.8) is 0 Å². The number of hydrogen-bond donors (Lipinski definition) is 2. The topological polar surface area (TPSA) is 121 Å². The van der Waals surface area contributed by atoms with Crippen LogP contribution in [0.2, 0.25) is 25.7 Å². The number of hydrogen-bond acceptors (Lipinski definition) is 9. The van der Waals surface area contributed by atoms with Crippen molar-refractivity contribution in [1.82, 2.24) is 0 Å². The molecule has 10 heteroatoms. The first-order valence-electron chi connectivity index (χ1n) is 14.3. The molecule has 0 amide bonds. The maximum absolute atomic E-state index is 13.3. The second-order valence-electron chi connectivity index (χ2n) is 11.8. The van der Waals surface area contributed by atoms with E-state index in [-0.39, 0.29) is 30.9 Å². The van der Waals surface area contributed by atoms with E-state index in [1.165, 1.54) is 0 Å². The van der Waals surface area contributed by atoms with Crippen molar-refractivity contribution in [1.29, 1.82) is 0 Å². The smallest absolute Gasteiger partial charge is 0.338 e. The zero-order valence-electron chi connectivity index (χ0n) is 24.8. The fourth-order valence-electron chi connectivity index (χ4n) is 4.63. The standard InChI is InChI=1S/C33H40O9Si/c1-43(2,3)20-19-39-32-28(41-30(35)25-15-9-5-10-16-25)29(42-31(36)26-17-11-6-12-18-26)33(37,23-34)27(40-32)22-38-21-24-13-7-4-8-14-24/h4-18,27-29,32,34,37H,19-23H2,1-3H3/t27-,28-,29-,32-,33+/m1/s1. The number of benzene rings is 3. The molecule has 1 aliphatic rings. The van der Waals surface area contributed by atoms with Crippen molar-refractivity contribution < 1.29 is 43.5 Å². The van der Waals surface area contributed by atoms with Crippen LogP contribution in [-0.4, -0.2) is 80.2 Å². The lowest BCUT2D eigenvalue weighted by molar-refractivity contribution is -0.335. The van der Waals surface area contributed by atoms with E-state index >= 15 is 0 Å². The molecule has 5 atom stereocenters. The van der Waals surface area contributed by atoms with Crippen molar-refractivity contribution in [3.05, 3.63) is 108 Å². The average Bonchev–Trinajstić information content (AvgIpc) is 3.01. The van der Waals surface area contributed by atoms with Crippen LogP contribution in [0.5, 0.6) is 0 Å². The maximum Gasteiger partial charge on any atom is 0.338 e. The van der Waals surface area contributed by atoms with Gasteiger partial charge >= 0.3 is 11.9 Å². The van der Waals surface area contributed by atoms with E-state index in [2.05, 4.69) is 19.6 Å². The van der Waals surface area contributed by atoms with Crippen molar-refractivity contribution in [2.45, 2.75) is 62.5 Å². The van der Waals surface area contributed by atoms with Crippen molar-refractivity contribution in [2.75, 3.05) is 19.8 Å². The first kappa shape index (κ1) is 32.5. The Morgan fingerprint density at radius 2 is 1.37 bits per heavy atom. The van der Waals surface area contributed by atoms with Crippen molar-refractivity contribution in [3.8, 4) is 0 Å². The van der Waals surface area contributed by atoms with Crippen molar-refractivity contribution >= 4 is 20.0 Å². The van der Waals surface area contributed by atoms with Crippen molar-refractivity contribution in [2.24, 2.45) is 0 Å². The predicted molar refractivity (Wildman–Crippen MR) is 162 cm³/mol.